The Hall–Kier alpha value is -0.450. The van der Waals surface area contributed by atoms with Gasteiger partial charge >= 0.3 is 0 Å². The molecule has 18 heavy (non-hydrogen) atoms. The van der Waals surface area contributed by atoms with E-state index in [0.717, 1.165) is 13.2 Å². The first-order chi connectivity index (χ1) is 8.80. The molecule has 100 valence electrons. The molecular weight excluding hydrogens is 244 g/mol. The minimum atomic E-state index is -0.0154. The second-order valence-corrected chi connectivity index (χ2v) is 6.54. The lowest BCUT2D eigenvalue weighted by Gasteiger charge is -2.32. The van der Waals surface area contributed by atoms with Gasteiger partial charge in [-0.1, -0.05) is 6.92 Å². The van der Waals surface area contributed by atoms with E-state index in [9.17, 15) is 0 Å². The standard InChI is InChI=1S/C14H22N2OS/c1-3-15-14(9-17-2,10-7-8-10)13-16-11-5-4-6-12(11)18-13/h10,15H,3-9H2,1-2H3. The van der Waals surface area contributed by atoms with Crippen LogP contribution in [0.1, 0.15) is 41.8 Å². The summed E-state index contributed by atoms with van der Waals surface area (Å²) in [6.07, 6.45) is 6.30. The number of aromatic nitrogens is 1. The summed E-state index contributed by atoms with van der Waals surface area (Å²) in [5.41, 5.74) is 1.34. The summed E-state index contributed by atoms with van der Waals surface area (Å²) in [7, 11) is 1.80. The molecule has 0 saturated heterocycles. The molecule has 1 aromatic rings. The van der Waals surface area contributed by atoms with E-state index in [1.54, 1.807) is 7.11 Å². The largest absolute Gasteiger partial charge is 0.382 e. The zero-order chi connectivity index (χ0) is 12.6. The van der Waals surface area contributed by atoms with Gasteiger partial charge in [0, 0.05) is 12.0 Å². The van der Waals surface area contributed by atoms with Crippen LogP contribution in [0.25, 0.3) is 0 Å². The van der Waals surface area contributed by atoms with Crippen molar-refractivity contribution in [2.24, 2.45) is 5.92 Å². The number of hydrogen-bond acceptors (Lipinski definition) is 4. The van der Waals surface area contributed by atoms with Crippen molar-refractivity contribution in [3.05, 3.63) is 15.6 Å². The lowest BCUT2D eigenvalue weighted by atomic mass is 9.94. The third-order valence-corrected chi connectivity index (χ3v) is 5.45. The van der Waals surface area contributed by atoms with Gasteiger partial charge in [-0.15, -0.1) is 11.3 Å². The maximum atomic E-state index is 5.52. The summed E-state index contributed by atoms with van der Waals surface area (Å²) in [6.45, 7) is 3.90. The molecule has 1 unspecified atom stereocenters. The Labute approximate surface area is 113 Å². The Kier molecular flexibility index (Phi) is 3.43. The number of ether oxygens (including phenoxy) is 1. The number of thiazole rings is 1. The lowest BCUT2D eigenvalue weighted by Crippen LogP contribution is -2.48. The van der Waals surface area contributed by atoms with Crippen molar-refractivity contribution < 1.29 is 4.74 Å². The Bertz CT molecular complexity index is 398. The quantitative estimate of drug-likeness (QED) is 0.859. The van der Waals surface area contributed by atoms with Crippen LogP contribution in [0.4, 0.5) is 0 Å². The van der Waals surface area contributed by atoms with Crippen LogP contribution in [0.5, 0.6) is 0 Å². The van der Waals surface area contributed by atoms with Gasteiger partial charge in [-0.3, -0.25) is 0 Å². The van der Waals surface area contributed by atoms with E-state index >= 15 is 0 Å². The zero-order valence-corrected chi connectivity index (χ0v) is 12.1. The molecule has 2 aliphatic carbocycles. The molecule has 0 aliphatic heterocycles. The van der Waals surface area contributed by atoms with Gasteiger partial charge in [-0.25, -0.2) is 4.98 Å². The second-order valence-electron chi connectivity index (χ2n) is 5.45. The average Bonchev–Trinajstić information content (AvgIpc) is 2.97. The smallest absolute Gasteiger partial charge is 0.116 e. The summed E-state index contributed by atoms with van der Waals surface area (Å²) in [5, 5.41) is 4.96. The van der Waals surface area contributed by atoms with Gasteiger partial charge in [0.25, 0.3) is 0 Å². The molecule has 1 aromatic heterocycles. The van der Waals surface area contributed by atoms with Crippen LogP contribution < -0.4 is 5.32 Å². The highest BCUT2D eigenvalue weighted by molar-refractivity contribution is 7.12. The fourth-order valence-electron chi connectivity index (χ4n) is 3.13. The Morgan fingerprint density at radius 1 is 1.44 bits per heavy atom. The highest BCUT2D eigenvalue weighted by Crippen LogP contribution is 2.48. The van der Waals surface area contributed by atoms with Crippen LogP contribution in [0.15, 0.2) is 0 Å². The molecule has 4 heteroatoms. The minimum absolute atomic E-state index is 0.0154. The van der Waals surface area contributed by atoms with Gasteiger partial charge in [0.15, 0.2) is 0 Å². The molecule has 1 heterocycles. The van der Waals surface area contributed by atoms with Crippen molar-refractivity contribution in [2.45, 2.75) is 44.6 Å². The molecular formula is C14H22N2OS. The van der Waals surface area contributed by atoms with E-state index in [0.29, 0.717) is 5.92 Å². The first-order valence-electron chi connectivity index (χ1n) is 7.03. The van der Waals surface area contributed by atoms with Gasteiger partial charge in [0.2, 0.25) is 0 Å². The molecule has 1 fully saturated rings. The van der Waals surface area contributed by atoms with Gasteiger partial charge in [0.1, 0.15) is 5.01 Å². The van der Waals surface area contributed by atoms with Crippen molar-refractivity contribution >= 4 is 11.3 Å². The molecule has 3 rings (SSSR count). The van der Waals surface area contributed by atoms with Crippen molar-refractivity contribution in [1.82, 2.24) is 10.3 Å². The summed E-state index contributed by atoms with van der Waals surface area (Å²) < 4.78 is 5.52. The van der Waals surface area contributed by atoms with Crippen LogP contribution in [-0.2, 0) is 23.1 Å². The van der Waals surface area contributed by atoms with Gasteiger partial charge < -0.3 is 10.1 Å². The number of aryl methyl sites for hydroxylation is 2. The first-order valence-corrected chi connectivity index (χ1v) is 7.85. The zero-order valence-electron chi connectivity index (χ0n) is 11.3. The summed E-state index contributed by atoms with van der Waals surface area (Å²) in [5.74, 6) is 0.712. The third-order valence-electron chi connectivity index (χ3n) is 4.12. The predicted octanol–water partition coefficient (Wildman–Crippen LogP) is 2.49. The fourth-order valence-corrected chi connectivity index (χ4v) is 4.51. The van der Waals surface area contributed by atoms with E-state index in [2.05, 4.69) is 12.2 Å². The normalized spacial score (nSPS) is 21.9. The highest BCUT2D eigenvalue weighted by atomic mass is 32.1. The number of likely N-dealkylation sites (N-methyl/N-ethyl adjacent to an activating group) is 1. The number of rotatable bonds is 6. The molecule has 1 saturated carbocycles. The van der Waals surface area contributed by atoms with Crippen molar-refractivity contribution in [2.75, 3.05) is 20.3 Å². The van der Waals surface area contributed by atoms with E-state index < -0.39 is 0 Å². The van der Waals surface area contributed by atoms with Crippen molar-refractivity contribution in [1.29, 1.82) is 0 Å². The number of nitrogens with one attached hydrogen (secondary N) is 1. The van der Waals surface area contributed by atoms with Crippen LogP contribution in [-0.4, -0.2) is 25.2 Å². The molecule has 0 bridgehead atoms. The van der Waals surface area contributed by atoms with E-state index in [-0.39, 0.29) is 5.54 Å². The Morgan fingerprint density at radius 3 is 2.89 bits per heavy atom. The van der Waals surface area contributed by atoms with Crippen LogP contribution in [0.2, 0.25) is 0 Å². The minimum Gasteiger partial charge on any atom is -0.382 e. The van der Waals surface area contributed by atoms with Crippen LogP contribution in [0.3, 0.4) is 0 Å². The maximum Gasteiger partial charge on any atom is 0.116 e. The predicted molar refractivity (Wildman–Crippen MR) is 74.1 cm³/mol. The molecule has 0 amide bonds. The molecule has 0 spiro atoms. The molecule has 3 nitrogen and oxygen atoms in total. The van der Waals surface area contributed by atoms with Crippen molar-refractivity contribution in [3.63, 3.8) is 0 Å². The Balaban J connectivity index is 1.95. The van der Waals surface area contributed by atoms with Crippen LogP contribution >= 0.6 is 11.3 Å². The number of nitrogens with zero attached hydrogens (tertiary/aromatic N) is 1. The van der Waals surface area contributed by atoms with E-state index in [4.69, 9.17) is 9.72 Å². The topological polar surface area (TPSA) is 34.1 Å². The molecule has 1 atom stereocenters. The summed E-state index contributed by atoms with van der Waals surface area (Å²) >= 11 is 1.92. The lowest BCUT2D eigenvalue weighted by molar-refractivity contribution is 0.0936. The summed E-state index contributed by atoms with van der Waals surface area (Å²) in [4.78, 5) is 6.46. The molecule has 2 aliphatic rings. The second kappa shape index (κ2) is 4.91. The number of hydrogen-bond donors (Lipinski definition) is 1. The SMILES string of the molecule is CCNC(COC)(c1nc2c(s1)CCC2)C1CC1. The average molecular weight is 266 g/mol. The highest BCUT2D eigenvalue weighted by Gasteiger charge is 2.48. The third kappa shape index (κ3) is 2.00. The van der Waals surface area contributed by atoms with Gasteiger partial charge in [-0.2, -0.15) is 0 Å². The van der Waals surface area contributed by atoms with Crippen LogP contribution in [0, 0.1) is 5.92 Å². The number of methoxy groups -OCH3 is 1. The molecule has 0 aromatic carbocycles. The maximum absolute atomic E-state index is 5.52. The number of fused-ring (bicyclic) bond motifs is 1. The monoisotopic (exact) mass is 266 g/mol. The molecule has 0 radical (unpaired) electrons. The van der Waals surface area contributed by atoms with E-state index in [1.807, 2.05) is 11.3 Å². The van der Waals surface area contributed by atoms with Gasteiger partial charge in [-0.05, 0) is 44.6 Å². The Morgan fingerprint density at radius 2 is 2.28 bits per heavy atom. The fraction of sp³-hybridized carbons (Fsp3) is 0.786. The molecule has 1 N–H and O–H groups in total. The first kappa shape index (κ1) is 12.6. The van der Waals surface area contributed by atoms with Crippen molar-refractivity contribution in [3.8, 4) is 0 Å². The van der Waals surface area contributed by atoms with E-state index in [1.165, 1.54) is 47.7 Å². The summed E-state index contributed by atoms with van der Waals surface area (Å²) in [6, 6.07) is 0. The van der Waals surface area contributed by atoms with Gasteiger partial charge in [0.05, 0.1) is 17.8 Å².